The van der Waals surface area contributed by atoms with Crippen LogP contribution >= 0.6 is 0 Å². The summed E-state index contributed by atoms with van der Waals surface area (Å²) in [6.45, 7) is 8.40. The number of ether oxygens (including phenoxy) is 3. The maximum atomic E-state index is 12.7. The standard InChI is InChI=1S/C29H33N5O4/c1-6-37-25-14-20(8-9-21(25)15-30)22-16-31-27(32-17-22)33-24-12-7-19(13-26(24)36-5)18-34(23-10-11-23)28(35)38-29(2,3)4/h7-9,12-14,16-17,23H,6,10-11,18H2,1-5H3,(H,31,32,33). The number of hydrogen-bond donors (Lipinski definition) is 1. The second-order valence-corrected chi connectivity index (χ2v) is 10.1. The van der Waals surface area contributed by atoms with Gasteiger partial charge in [0.2, 0.25) is 5.95 Å². The van der Waals surface area contributed by atoms with Crippen LogP contribution in [0, 0.1) is 11.3 Å². The minimum absolute atomic E-state index is 0.210. The zero-order valence-electron chi connectivity index (χ0n) is 22.4. The van der Waals surface area contributed by atoms with Gasteiger partial charge in [-0.15, -0.1) is 0 Å². The minimum atomic E-state index is -0.545. The van der Waals surface area contributed by atoms with Gasteiger partial charge in [0.15, 0.2) is 0 Å². The van der Waals surface area contributed by atoms with Crippen molar-refractivity contribution in [1.29, 1.82) is 5.26 Å². The lowest BCUT2D eigenvalue weighted by molar-refractivity contribution is 0.0216. The SMILES string of the molecule is CCOc1cc(-c2cnc(Nc3ccc(CN(C(=O)OC(C)(C)C)C4CC4)cc3OC)nc2)ccc1C#N. The molecule has 0 unspecified atom stereocenters. The summed E-state index contributed by atoms with van der Waals surface area (Å²) in [7, 11) is 1.60. The molecule has 198 valence electrons. The lowest BCUT2D eigenvalue weighted by Crippen LogP contribution is -2.37. The first-order chi connectivity index (χ1) is 18.2. The second-order valence-electron chi connectivity index (χ2n) is 10.1. The van der Waals surface area contributed by atoms with E-state index in [0.29, 0.717) is 41.8 Å². The third-order valence-electron chi connectivity index (χ3n) is 5.87. The number of carbonyl (C=O) groups excluding carboxylic acids is 1. The van der Waals surface area contributed by atoms with Crippen molar-refractivity contribution in [2.45, 2.75) is 58.7 Å². The fourth-order valence-electron chi connectivity index (χ4n) is 3.91. The molecule has 1 saturated carbocycles. The second kappa shape index (κ2) is 11.4. The van der Waals surface area contributed by atoms with Gasteiger partial charge in [0, 0.05) is 30.5 Å². The summed E-state index contributed by atoms with van der Waals surface area (Å²) in [5, 5.41) is 12.5. The minimum Gasteiger partial charge on any atom is -0.495 e. The molecule has 9 nitrogen and oxygen atoms in total. The number of methoxy groups -OCH3 is 1. The maximum absolute atomic E-state index is 12.7. The quantitative estimate of drug-likeness (QED) is 0.366. The Hall–Kier alpha value is -4.32. The van der Waals surface area contributed by atoms with Gasteiger partial charge in [0.05, 0.1) is 25.0 Å². The van der Waals surface area contributed by atoms with Crippen LogP contribution in [0.4, 0.5) is 16.4 Å². The topological polar surface area (TPSA) is 110 Å². The predicted molar refractivity (Wildman–Crippen MR) is 144 cm³/mol. The van der Waals surface area contributed by atoms with Crippen LogP contribution in [-0.2, 0) is 11.3 Å². The average molecular weight is 516 g/mol. The monoisotopic (exact) mass is 515 g/mol. The highest BCUT2D eigenvalue weighted by molar-refractivity contribution is 5.70. The third kappa shape index (κ3) is 6.71. The molecule has 1 N–H and O–H groups in total. The van der Waals surface area contributed by atoms with Crippen LogP contribution in [0.15, 0.2) is 48.8 Å². The number of amides is 1. The lowest BCUT2D eigenvalue weighted by atomic mass is 10.1. The van der Waals surface area contributed by atoms with Gasteiger partial charge in [0.25, 0.3) is 0 Å². The maximum Gasteiger partial charge on any atom is 0.410 e. The first kappa shape index (κ1) is 26.7. The molecule has 1 heterocycles. The van der Waals surface area contributed by atoms with Crippen LogP contribution < -0.4 is 14.8 Å². The summed E-state index contributed by atoms with van der Waals surface area (Å²) < 4.78 is 16.8. The van der Waals surface area contributed by atoms with Gasteiger partial charge in [-0.05, 0) is 75.9 Å². The van der Waals surface area contributed by atoms with Gasteiger partial charge in [-0.2, -0.15) is 5.26 Å². The number of anilines is 2. The molecular weight excluding hydrogens is 482 g/mol. The normalized spacial score (nSPS) is 12.8. The zero-order chi connectivity index (χ0) is 27.3. The third-order valence-corrected chi connectivity index (χ3v) is 5.87. The van der Waals surface area contributed by atoms with Crippen LogP contribution in [0.3, 0.4) is 0 Å². The number of carbonyl (C=O) groups is 1. The Morgan fingerprint density at radius 2 is 1.84 bits per heavy atom. The van der Waals surface area contributed by atoms with Crippen molar-refractivity contribution in [3.63, 3.8) is 0 Å². The summed E-state index contributed by atoms with van der Waals surface area (Å²) in [5.41, 5.74) is 3.23. The molecule has 1 aromatic heterocycles. The molecule has 9 heteroatoms. The molecule has 0 spiro atoms. The molecule has 0 atom stereocenters. The molecule has 1 aliphatic rings. The van der Waals surface area contributed by atoms with Crippen molar-refractivity contribution in [1.82, 2.24) is 14.9 Å². The molecular formula is C29H33N5O4. The van der Waals surface area contributed by atoms with Crippen LogP contribution in [-0.4, -0.2) is 46.3 Å². The molecule has 38 heavy (non-hydrogen) atoms. The van der Waals surface area contributed by atoms with E-state index < -0.39 is 5.60 Å². The van der Waals surface area contributed by atoms with Gasteiger partial charge in [-0.1, -0.05) is 12.1 Å². The van der Waals surface area contributed by atoms with Crippen LogP contribution in [0.25, 0.3) is 11.1 Å². The molecule has 1 aliphatic carbocycles. The Morgan fingerprint density at radius 1 is 1.11 bits per heavy atom. The molecule has 3 aromatic rings. The summed E-state index contributed by atoms with van der Waals surface area (Å²) >= 11 is 0. The van der Waals surface area contributed by atoms with E-state index in [-0.39, 0.29) is 12.1 Å². The number of nitrogens with zero attached hydrogens (tertiary/aromatic N) is 4. The van der Waals surface area contributed by atoms with E-state index in [4.69, 9.17) is 14.2 Å². The van der Waals surface area contributed by atoms with Crippen molar-refractivity contribution in [3.05, 3.63) is 59.9 Å². The van der Waals surface area contributed by atoms with E-state index >= 15 is 0 Å². The molecule has 2 aromatic carbocycles. The molecule has 0 aliphatic heterocycles. The first-order valence-corrected chi connectivity index (χ1v) is 12.6. The van der Waals surface area contributed by atoms with Crippen molar-refractivity contribution in [2.75, 3.05) is 19.0 Å². The first-order valence-electron chi connectivity index (χ1n) is 12.6. The average Bonchev–Trinajstić information content (AvgIpc) is 3.73. The largest absolute Gasteiger partial charge is 0.495 e. The van der Waals surface area contributed by atoms with Crippen LogP contribution in [0.1, 0.15) is 51.7 Å². The predicted octanol–water partition coefficient (Wildman–Crippen LogP) is 6.07. The zero-order valence-corrected chi connectivity index (χ0v) is 22.4. The van der Waals surface area contributed by atoms with Gasteiger partial charge in [0.1, 0.15) is 23.2 Å². The van der Waals surface area contributed by atoms with Crippen molar-refractivity contribution in [3.8, 4) is 28.7 Å². The highest BCUT2D eigenvalue weighted by atomic mass is 16.6. The number of hydrogen-bond acceptors (Lipinski definition) is 8. The van der Waals surface area contributed by atoms with Gasteiger partial charge in [-0.25, -0.2) is 14.8 Å². The number of nitriles is 1. The Bertz CT molecular complexity index is 1320. The molecule has 0 bridgehead atoms. The summed E-state index contributed by atoms with van der Waals surface area (Å²) in [5.74, 6) is 1.56. The van der Waals surface area contributed by atoms with Crippen molar-refractivity contribution < 1.29 is 19.0 Å². The summed E-state index contributed by atoms with van der Waals surface area (Å²) in [6.07, 6.45) is 5.09. The van der Waals surface area contributed by atoms with E-state index in [2.05, 4.69) is 21.4 Å². The van der Waals surface area contributed by atoms with Gasteiger partial charge >= 0.3 is 6.09 Å². The highest BCUT2D eigenvalue weighted by Crippen LogP contribution is 2.33. The Balaban J connectivity index is 1.47. The summed E-state index contributed by atoms with van der Waals surface area (Å²) in [4.78, 5) is 23.4. The number of benzene rings is 2. The van der Waals surface area contributed by atoms with E-state index in [9.17, 15) is 10.1 Å². The fraction of sp³-hybridized carbons (Fsp3) is 0.379. The van der Waals surface area contributed by atoms with Crippen LogP contribution in [0.5, 0.6) is 11.5 Å². The smallest absolute Gasteiger partial charge is 0.410 e. The summed E-state index contributed by atoms with van der Waals surface area (Å²) in [6, 6.07) is 13.5. The lowest BCUT2D eigenvalue weighted by Gasteiger charge is -2.27. The Morgan fingerprint density at radius 3 is 2.45 bits per heavy atom. The van der Waals surface area contributed by atoms with Crippen molar-refractivity contribution in [2.24, 2.45) is 0 Å². The van der Waals surface area contributed by atoms with E-state index in [0.717, 1.165) is 29.5 Å². The Labute approximate surface area is 223 Å². The highest BCUT2D eigenvalue weighted by Gasteiger charge is 2.35. The molecule has 0 radical (unpaired) electrons. The van der Waals surface area contributed by atoms with Gasteiger partial charge < -0.3 is 24.4 Å². The molecule has 1 amide bonds. The van der Waals surface area contributed by atoms with Crippen LogP contribution in [0.2, 0.25) is 0 Å². The van der Waals surface area contributed by atoms with E-state index in [1.807, 2.05) is 58.0 Å². The fourth-order valence-corrected chi connectivity index (χ4v) is 3.91. The van der Waals surface area contributed by atoms with E-state index in [1.165, 1.54) is 0 Å². The number of rotatable bonds is 9. The Kier molecular flexibility index (Phi) is 8.01. The molecule has 0 saturated heterocycles. The number of aromatic nitrogens is 2. The van der Waals surface area contributed by atoms with E-state index in [1.54, 1.807) is 30.5 Å². The van der Waals surface area contributed by atoms with Gasteiger partial charge in [-0.3, -0.25) is 0 Å². The number of nitrogens with one attached hydrogen (secondary N) is 1. The molecule has 4 rings (SSSR count). The van der Waals surface area contributed by atoms with Crippen molar-refractivity contribution >= 4 is 17.7 Å². The molecule has 1 fully saturated rings.